The van der Waals surface area contributed by atoms with Crippen LogP contribution in [0.25, 0.3) is 0 Å². The smallest absolute Gasteiger partial charge is 0.319 e. The average molecular weight is 254 g/mol. The molecule has 1 atom stereocenters. The van der Waals surface area contributed by atoms with Crippen LogP contribution in [0.15, 0.2) is 17.0 Å². The summed E-state index contributed by atoms with van der Waals surface area (Å²) in [6, 6.07) is 0. The molecule has 0 bridgehead atoms. The van der Waals surface area contributed by atoms with Crippen molar-refractivity contribution >= 4 is 17.6 Å². The predicted octanol–water partition coefficient (Wildman–Crippen LogP) is 1.84. The molecule has 0 aliphatic rings. The van der Waals surface area contributed by atoms with Crippen LogP contribution in [-0.4, -0.2) is 23.6 Å². The Hall–Kier alpha value is -1.85. The van der Waals surface area contributed by atoms with Crippen molar-refractivity contribution in [3.63, 3.8) is 0 Å². The Morgan fingerprint density at radius 3 is 2.61 bits per heavy atom. The molecule has 6 heteroatoms. The number of anilines is 1. The van der Waals surface area contributed by atoms with E-state index in [9.17, 15) is 9.59 Å². The van der Waals surface area contributed by atoms with Crippen molar-refractivity contribution in [1.29, 1.82) is 0 Å². The van der Waals surface area contributed by atoms with Gasteiger partial charge in [0.05, 0.1) is 12.8 Å². The third kappa shape index (κ3) is 3.58. The minimum atomic E-state index is -0.882. The first-order valence-electron chi connectivity index (χ1n) is 5.73. The van der Waals surface area contributed by atoms with Crippen molar-refractivity contribution in [3.05, 3.63) is 12.5 Å². The molecular weight excluding hydrogens is 236 g/mol. The summed E-state index contributed by atoms with van der Waals surface area (Å²) in [6.45, 7) is 7.37. The highest BCUT2D eigenvalue weighted by Gasteiger charge is 2.39. The molecule has 0 saturated carbocycles. The number of rotatable bonds is 4. The summed E-state index contributed by atoms with van der Waals surface area (Å²) < 4.78 is 9.54. The van der Waals surface area contributed by atoms with Gasteiger partial charge in [-0.05, 0) is 12.3 Å². The normalized spacial score (nSPS) is 12.9. The Morgan fingerprint density at radius 2 is 2.17 bits per heavy atom. The van der Waals surface area contributed by atoms with Gasteiger partial charge in [-0.25, -0.2) is 0 Å². The van der Waals surface area contributed by atoms with Gasteiger partial charge in [-0.3, -0.25) is 9.59 Å². The van der Waals surface area contributed by atoms with E-state index in [-0.39, 0.29) is 6.61 Å². The third-order valence-electron chi connectivity index (χ3n) is 2.35. The lowest BCUT2D eigenvalue weighted by atomic mass is 9.80. The molecule has 0 aliphatic heterocycles. The lowest BCUT2D eigenvalue weighted by Crippen LogP contribution is -2.40. The monoisotopic (exact) mass is 254 g/mol. The van der Waals surface area contributed by atoms with Crippen LogP contribution in [0.3, 0.4) is 0 Å². The maximum Gasteiger partial charge on any atom is 0.319 e. The third-order valence-corrected chi connectivity index (χ3v) is 2.35. The summed E-state index contributed by atoms with van der Waals surface area (Å²) >= 11 is 0. The zero-order chi connectivity index (χ0) is 13.8. The topological polar surface area (TPSA) is 81.4 Å². The fourth-order valence-corrected chi connectivity index (χ4v) is 1.56. The van der Waals surface area contributed by atoms with Gasteiger partial charge in [-0.2, -0.15) is 0 Å². The molecule has 0 aliphatic carbocycles. The molecule has 0 fully saturated rings. The van der Waals surface area contributed by atoms with E-state index >= 15 is 0 Å². The number of esters is 1. The molecule has 0 spiro atoms. The molecule has 0 saturated heterocycles. The van der Waals surface area contributed by atoms with Crippen molar-refractivity contribution < 1.29 is 18.8 Å². The van der Waals surface area contributed by atoms with Gasteiger partial charge in [0.15, 0.2) is 0 Å². The van der Waals surface area contributed by atoms with Crippen molar-refractivity contribution in [2.75, 3.05) is 11.9 Å². The van der Waals surface area contributed by atoms with Crippen LogP contribution in [0, 0.1) is 11.3 Å². The number of hydrogen-bond donors (Lipinski definition) is 1. The number of amides is 1. The molecule has 1 aromatic heterocycles. The van der Waals surface area contributed by atoms with E-state index in [1.807, 2.05) is 20.8 Å². The summed E-state index contributed by atoms with van der Waals surface area (Å²) in [7, 11) is 0. The van der Waals surface area contributed by atoms with Crippen LogP contribution in [-0.2, 0) is 14.3 Å². The molecule has 1 heterocycles. The minimum Gasteiger partial charge on any atom is -0.465 e. The molecule has 1 aromatic rings. The molecule has 100 valence electrons. The van der Waals surface area contributed by atoms with Crippen LogP contribution in [0.1, 0.15) is 27.7 Å². The average Bonchev–Trinajstić information content (AvgIpc) is 2.68. The Kier molecular flexibility index (Phi) is 4.47. The van der Waals surface area contributed by atoms with E-state index in [2.05, 4.69) is 15.0 Å². The number of carbonyl (C=O) groups is 2. The van der Waals surface area contributed by atoms with Gasteiger partial charge in [0, 0.05) is 0 Å². The van der Waals surface area contributed by atoms with Crippen LogP contribution >= 0.6 is 0 Å². The summed E-state index contributed by atoms with van der Waals surface area (Å²) in [4.78, 5) is 23.9. The lowest BCUT2D eigenvalue weighted by molar-refractivity contribution is -0.155. The van der Waals surface area contributed by atoms with Gasteiger partial charge in [0.25, 0.3) is 0 Å². The summed E-state index contributed by atoms with van der Waals surface area (Å²) in [5.41, 5.74) is -0.119. The molecular formula is C12H18N2O4. The SMILES string of the molecule is CCOC(=O)C(C(=O)Nc1cnoc1)C(C)(C)C. The van der Waals surface area contributed by atoms with Crippen molar-refractivity contribution in [2.45, 2.75) is 27.7 Å². The molecule has 1 amide bonds. The van der Waals surface area contributed by atoms with E-state index in [0.717, 1.165) is 0 Å². The lowest BCUT2D eigenvalue weighted by Gasteiger charge is -2.27. The zero-order valence-corrected chi connectivity index (χ0v) is 11.0. The first-order valence-corrected chi connectivity index (χ1v) is 5.73. The Morgan fingerprint density at radius 1 is 1.50 bits per heavy atom. The number of nitrogens with one attached hydrogen (secondary N) is 1. The summed E-state index contributed by atoms with van der Waals surface area (Å²) in [6.07, 6.45) is 2.66. The van der Waals surface area contributed by atoms with Crippen LogP contribution < -0.4 is 5.32 Å². The van der Waals surface area contributed by atoms with E-state index in [1.165, 1.54) is 12.5 Å². The minimum absolute atomic E-state index is 0.242. The second kappa shape index (κ2) is 5.66. The van der Waals surface area contributed by atoms with Gasteiger partial charge < -0.3 is 14.6 Å². The van der Waals surface area contributed by atoms with Crippen LogP contribution in [0.5, 0.6) is 0 Å². The van der Waals surface area contributed by atoms with E-state index in [4.69, 9.17) is 4.74 Å². The number of ether oxygens (including phenoxy) is 1. The Labute approximate surface area is 106 Å². The summed E-state index contributed by atoms with van der Waals surface area (Å²) in [5, 5.41) is 6.04. The molecule has 18 heavy (non-hydrogen) atoms. The van der Waals surface area contributed by atoms with E-state index in [0.29, 0.717) is 5.69 Å². The van der Waals surface area contributed by atoms with Gasteiger partial charge in [-0.1, -0.05) is 25.9 Å². The van der Waals surface area contributed by atoms with Gasteiger partial charge in [0.1, 0.15) is 17.9 Å². The number of carbonyl (C=O) groups excluding carboxylic acids is 2. The standard InChI is InChI=1S/C12H18N2O4/c1-5-17-11(16)9(12(2,3)4)10(15)14-8-6-13-18-7-8/h6-7,9H,5H2,1-4H3,(H,14,15). The molecule has 6 nitrogen and oxygen atoms in total. The predicted molar refractivity (Wildman–Crippen MR) is 64.7 cm³/mol. The number of hydrogen-bond acceptors (Lipinski definition) is 5. The molecule has 1 N–H and O–H groups in total. The highest BCUT2D eigenvalue weighted by atomic mass is 16.5. The quantitative estimate of drug-likeness (QED) is 0.655. The van der Waals surface area contributed by atoms with Crippen LogP contribution in [0.2, 0.25) is 0 Å². The number of nitrogens with zero attached hydrogens (tertiary/aromatic N) is 1. The van der Waals surface area contributed by atoms with Gasteiger partial charge >= 0.3 is 5.97 Å². The highest BCUT2D eigenvalue weighted by molar-refractivity contribution is 6.05. The van der Waals surface area contributed by atoms with Gasteiger partial charge in [0.2, 0.25) is 5.91 Å². The fourth-order valence-electron chi connectivity index (χ4n) is 1.56. The highest BCUT2D eigenvalue weighted by Crippen LogP contribution is 2.28. The van der Waals surface area contributed by atoms with Gasteiger partial charge in [-0.15, -0.1) is 0 Å². The number of aromatic nitrogens is 1. The second-order valence-corrected chi connectivity index (χ2v) is 4.95. The molecule has 0 aromatic carbocycles. The van der Waals surface area contributed by atoms with Crippen molar-refractivity contribution in [2.24, 2.45) is 11.3 Å². The first kappa shape index (κ1) is 14.2. The van der Waals surface area contributed by atoms with Crippen molar-refractivity contribution in [3.8, 4) is 0 Å². The Balaban J connectivity index is 2.83. The van der Waals surface area contributed by atoms with E-state index < -0.39 is 23.2 Å². The molecule has 1 unspecified atom stereocenters. The summed E-state index contributed by atoms with van der Waals surface area (Å²) in [5.74, 6) is -1.84. The van der Waals surface area contributed by atoms with Crippen LogP contribution in [0.4, 0.5) is 5.69 Å². The first-order chi connectivity index (χ1) is 8.36. The molecule has 0 radical (unpaired) electrons. The van der Waals surface area contributed by atoms with E-state index in [1.54, 1.807) is 6.92 Å². The molecule has 1 rings (SSSR count). The van der Waals surface area contributed by atoms with Crippen molar-refractivity contribution in [1.82, 2.24) is 5.16 Å². The largest absolute Gasteiger partial charge is 0.465 e. The fraction of sp³-hybridized carbons (Fsp3) is 0.583. The maximum absolute atomic E-state index is 12.1. The maximum atomic E-state index is 12.1. The second-order valence-electron chi connectivity index (χ2n) is 4.95. The Bertz CT molecular complexity index is 406. The zero-order valence-electron chi connectivity index (χ0n) is 11.0.